The fraction of sp³-hybridized carbons (Fsp3) is 0.478. The van der Waals surface area contributed by atoms with E-state index < -0.39 is 12.2 Å². The third kappa shape index (κ3) is 6.18. The lowest BCUT2D eigenvalue weighted by Crippen LogP contribution is -2.23. The average molecular weight is 415 g/mol. The first-order valence-electron chi connectivity index (χ1n) is 10.5. The van der Waals surface area contributed by atoms with Crippen molar-refractivity contribution in [2.45, 2.75) is 57.7 Å². The van der Waals surface area contributed by atoms with Crippen LogP contribution in [0, 0.1) is 0 Å². The van der Waals surface area contributed by atoms with Gasteiger partial charge in [0.05, 0.1) is 24.5 Å². The van der Waals surface area contributed by atoms with Crippen LogP contribution in [0.25, 0.3) is 0 Å². The Labute approximate surface area is 177 Å². The number of phenolic OH excluding ortho intramolecular Hbond substituents is 1. The molecule has 1 aromatic rings. The highest BCUT2D eigenvalue weighted by Gasteiger charge is 2.20. The molecule has 7 nitrogen and oxygen atoms in total. The van der Waals surface area contributed by atoms with Crippen molar-refractivity contribution in [1.82, 2.24) is 4.90 Å². The summed E-state index contributed by atoms with van der Waals surface area (Å²) in [4.78, 5) is 18.4. The minimum atomic E-state index is -0.814. The highest BCUT2D eigenvalue weighted by molar-refractivity contribution is 6.07. The Morgan fingerprint density at radius 1 is 1.30 bits per heavy atom. The number of allylic oxidation sites excluding steroid dienone is 1. The molecule has 3 N–H and O–H groups in total. The van der Waals surface area contributed by atoms with Gasteiger partial charge in [-0.3, -0.25) is 9.79 Å². The van der Waals surface area contributed by atoms with Crippen molar-refractivity contribution in [3.05, 3.63) is 47.8 Å². The number of aliphatic hydroxyl groups excluding tert-OH is 2. The van der Waals surface area contributed by atoms with Crippen molar-refractivity contribution in [2.75, 3.05) is 13.3 Å². The molecule has 0 fully saturated rings. The van der Waals surface area contributed by atoms with Crippen LogP contribution in [-0.2, 0) is 11.2 Å². The van der Waals surface area contributed by atoms with Crippen LogP contribution >= 0.6 is 0 Å². The molecule has 2 unspecified atom stereocenters. The van der Waals surface area contributed by atoms with E-state index in [0.717, 1.165) is 23.3 Å². The Morgan fingerprint density at radius 2 is 2.13 bits per heavy atom. The second-order valence-electron chi connectivity index (χ2n) is 7.87. The maximum Gasteiger partial charge on any atom is 0.163 e. The number of aliphatic hydroxyl groups is 2. The first-order valence-corrected chi connectivity index (χ1v) is 10.5. The van der Waals surface area contributed by atoms with Crippen LogP contribution in [0.2, 0.25) is 0 Å². The number of hydrogen-bond donors (Lipinski definition) is 3. The quantitative estimate of drug-likeness (QED) is 0.486. The summed E-state index contributed by atoms with van der Waals surface area (Å²) in [6.45, 7) is 2.93. The summed E-state index contributed by atoms with van der Waals surface area (Å²) in [5.41, 5.74) is 2.97. The Hall–Kier alpha value is -2.64. The summed E-state index contributed by atoms with van der Waals surface area (Å²) >= 11 is 0. The first kappa shape index (κ1) is 22.1. The second kappa shape index (κ2) is 10.4. The van der Waals surface area contributed by atoms with Gasteiger partial charge in [0.15, 0.2) is 18.2 Å². The fourth-order valence-corrected chi connectivity index (χ4v) is 3.62. The van der Waals surface area contributed by atoms with Crippen LogP contribution in [0.5, 0.6) is 11.5 Å². The molecule has 2 aliphatic heterocycles. The van der Waals surface area contributed by atoms with E-state index in [2.05, 4.69) is 4.99 Å². The molecule has 162 valence electrons. The van der Waals surface area contributed by atoms with Gasteiger partial charge in [0.2, 0.25) is 0 Å². The molecular weight excluding hydrogens is 384 g/mol. The van der Waals surface area contributed by atoms with Gasteiger partial charge in [0.1, 0.15) is 5.78 Å². The Morgan fingerprint density at radius 3 is 2.90 bits per heavy atom. The van der Waals surface area contributed by atoms with E-state index in [1.807, 2.05) is 24.1 Å². The first-order chi connectivity index (χ1) is 14.4. The van der Waals surface area contributed by atoms with Gasteiger partial charge in [-0.1, -0.05) is 19.4 Å². The van der Waals surface area contributed by atoms with Gasteiger partial charge in [-0.05, 0) is 43.0 Å². The molecule has 0 aliphatic carbocycles. The zero-order valence-electron chi connectivity index (χ0n) is 17.3. The van der Waals surface area contributed by atoms with Crippen molar-refractivity contribution in [3.63, 3.8) is 0 Å². The molecule has 0 bridgehead atoms. The number of fused-ring (bicyclic) bond motifs is 1. The van der Waals surface area contributed by atoms with Crippen LogP contribution in [0.4, 0.5) is 0 Å². The normalized spacial score (nSPS) is 16.8. The van der Waals surface area contributed by atoms with Crippen LogP contribution in [0.3, 0.4) is 0 Å². The number of ether oxygens (including phenoxy) is 1. The standard InChI is InChI=1S/C23H30N2O5/c1-2-3-18(26)11-20(28)12-19(27)6-4-16-5-7-22(29)23(10-16)30-15-25-13-17-8-9-24-21(17)14-25/h5,7-10,13,18,20,26,28-29H,2-4,6,11-12,14-15H2,1H3. The lowest BCUT2D eigenvalue weighted by atomic mass is 10.00. The Bertz CT molecular complexity index is 846. The monoisotopic (exact) mass is 414 g/mol. The highest BCUT2D eigenvalue weighted by Crippen LogP contribution is 2.28. The molecule has 0 radical (unpaired) electrons. The van der Waals surface area contributed by atoms with Crippen molar-refractivity contribution >= 4 is 11.5 Å². The molecule has 30 heavy (non-hydrogen) atoms. The topological polar surface area (TPSA) is 103 Å². The number of phenols is 1. The van der Waals surface area contributed by atoms with Crippen molar-refractivity contribution in [3.8, 4) is 11.5 Å². The number of rotatable bonds is 12. The maximum absolute atomic E-state index is 12.2. The number of aromatic hydroxyl groups is 1. The molecule has 7 heteroatoms. The molecule has 1 aromatic carbocycles. The van der Waals surface area contributed by atoms with Crippen LogP contribution in [0.1, 0.15) is 44.6 Å². The lowest BCUT2D eigenvalue weighted by molar-refractivity contribution is -0.121. The van der Waals surface area contributed by atoms with E-state index in [1.54, 1.807) is 24.4 Å². The van der Waals surface area contributed by atoms with E-state index in [1.165, 1.54) is 0 Å². The van der Waals surface area contributed by atoms with E-state index >= 15 is 0 Å². The van der Waals surface area contributed by atoms with Crippen LogP contribution in [-0.4, -0.2) is 57.2 Å². The summed E-state index contributed by atoms with van der Waals surface area (Å²) in [5, 5.41) is 29.8. The number of nitrogens with zero attached hydrogens (tertiary/aromatic N) is 2. The average Bonchev–Trinajstić information content (AvgIpc) is 3.28. The predicted octanol–water partition coefficient (Wildman–Crippen LogP) is 2.70. The van der Waals surface area contributed by atoms with E-state index in [4.69, 9.17) is 4.74 Å². The number of carbonyl (C=O) groups excluding carboxylic acids is 1. The minimum Gasteiger partial charge on any atom is -0.504 e. The largest absolute Gasteiger partial charge is 0.504 e. The SMILES string of the molecule is CCCC(O)CC(O)CC(=O)CCc1ccc(O)c(OCN2C=C3C=CN=C3C2)c1. The zero-order chi connectivity index (χ0) is 21.5. The van der Waals surface area contributed by atoms with E-state index in [9.17, 15) is 20.1 Å². The molecule has 3 rings (SSSR count). The summed E-state index contributed by atoms with van der Waals surface area (Å²) in [5.74, 6) is 0.371. The predicted molar refractivity (Wildman–Crippen MR) is 114 cm³/mol. The molecule has 0 aromatic heterocycles. The second-order valence-corrected chi connectivity index (χ2v) is 7.87. The number of carbonyl (C=O) groups is 1. The lowest BCUT2D eigenvalue weighted by Gasteiger charge is -2.17. The molecular formula is C23H30N2O5. The minimum absolute atomic E-state index is 0.0458. The van der Waals surface area contributed by atoms with Gasteiger partial charge in [-0.25, -0.2) is 0 Å². The number of Topliss-reactive ketones (excluding diaryl/α,β-unsaturated/α-hetero) is 1. The third-order valence-electron chi connectivity index (χ3n) is 5.22. The number of hydrogen-bond acceptors (Lipinski definition) is 7. The number of ketones is 1. The summed E-state index contributed by atoms with van der Waals surface area (Å²) in [7, 11) is 0. The fourth-order valence-electron chi connectivity index (χ4n) is 3.62. The Kier molecular flexibility index (Phi) is 7.65. The number of aryl methyl sites for hydroxylation is 1. The van der Waals surface area contributed by atoms with Crippen molar-refractivity contribution in [2.24, 2.45) is 4.99 Å². The molecule has 2 heterocycles. The summed E-state index contributed by atoms with van der Waals surface area (Å²) in [6.07, 6.45) is 6.85. The molecule has 0 amide bonds. The summed E-state index contributed by atoms with van der Waals surface area (Å²) in [6, 6.07) is 5.07. The Balaban J connectivity index is 1.45. The van der Waals surface area contributed by atoms with Crippen molar-refractivity contribution in [1.29, 1.82) is 0 Å². The van der Waals surface area contributed by atoms with Gasteiger partial charge in [-0.2, -0.15) is 0 Å². The van der Waals surface area contributed by atoms with Gasteiger partial charge in [-0.15, -0.1) is 0 Å². The van der Waals surface area contributed by atoms with Gasteiger partial charge >= 0.3 is 0 Å². The van der Waals surface area contributed by atoms with Crippen LogP contribution < -0.4 is 4.74 Å². The third-order valence-corrected chi connectivity index (χ3v) is 5.22. The number of aliphatic imine (C=N–C) groups is 1. The van der Waals surface area contributed by atoms with E-state index in [0.29, 0.717) is 31.9 Å². The molecule has 0 saturated carbocycles. The molecule has 2 atom stereocenters. The molecule has 0 spiro atoms. The van der Waals surface area contributed by atoms with Gasteiger partial charge < -0.3 is 25.0 Å². The summed E-state index contributed by atoms with van der Waals surface area (Å²) < 4.78 is 5.76. The molecule has 0 saturated heterocycles. The highest BCUT2D eigenvalue weighted by atomic mass is 16.5. The zero-order valence-corrected chi connectivity index (χ0v) is 17.3. The number of benzene rings is 1. The van der Waals surface area contributed by atoms with Gasteiger partial charge in [0, 0.05) is 30.8 Å². The van der Waals surface area contributed by atoms with E-state index in [-0.39, 0.29) is 30.8 Å². The smallest absolute Gasteiger partial charge is 0.163 e. The molecule has 2 aliphatic rings. The van der Waals surface area contributed by atoms with Gasteiger partial charge in [0.25, 0.3) is 0 Å². The van der Waals surface area contributed by atoms with Crippen LogP contribution in [0.15, 0.2) is 47.2 Å². The maximum atomic E-state index is 12.2. The van der Waals surface area contributed by atoms with Crippen molar-refractivity contribution < 1.29 is 24.9 Å².